The fourth-order valence-corrected chi connectivity index (χ4v) is 3.59. The Balaban J connectivity index is 1.81. The van der Waals surface area contributed by atoms with Gasteiger partial charge in [0.15, 0.2) is 0 Å². The summed E-state index contributed by atoms with van der Waals surface area (Å²) in [5.74, 6) is -0.107. The molecule has 2 aromatic rings. The van der Waals surface area contributed by atoms with Crippen molar-refractivity contribution in [2.45, 2.75) is 25.8 Å². The van der Waals surface area contributed by atoms with Crippen molar-refractivity contribution in [3.8, 4) is 17.2 Å². The molecule has 28 heavy (non-hydrogen) atoms. The number of aliphatic hydroxyl groups is 1. The van der Waals surface area contributed by atoms with Crippen LogP contribution in [0.1, 0.15) is 34.3 Å². The molecule has 1 aliphatic heterocycles. The second-order valence-electron chi connectivity index (χ2n) is 6.80. The van der Waals surface area contributed by atoms with E-state index in [1.165, 1.54) is 7.11 Å². The van der Waals surface area contributed by atoms with Crippen LogP contribution in [-0.2, 0) is 4.84 Å². The number of carbonyl (C=O) groups is 1. The van der Waals surface area contributed by atoms with E-state index in [9.17, 15) is 15.2 Å². The molecule has 1 N–H and O–H groups in total. The molecule has 1 saturated heterocycles. The third-order valence-corrected chi connectivity index (χ3v) is 5.14. The zero-order valence-corrected chi connectivity index (χ0v) is 16.1. The van der Waals surface area contributed by atoms with Crippen molar-refractivity contribution in [1.82, 2.24) is 4.90 Å². The molecular formula is C22H23N3O3. The number of hydrogen-bond donors (Lipinski definition) is 1. The summed E-state index contributed by atoms with van der Waals surface area (Å²) < 4.78 is 0. The Bertz CT molecular complexity index is 929. The van der Waals surface area contributed by atoms with Crippen LogP contribution in [0.15, 0.2) is 47.6 Å². The lowest BCUT2D eigenvalue weighted by Crippen LogP contribution is -2.48. The monoisotopic (exact) mass is 377 g/mol. The van der Waals surface area contributed by atoms with Gasteiger partial charge in [-0.3, -0.25) is 4.79 Å². The summed E-state index contributed by atoms with van der Waals surface area (Å²) in [4.78, 5) is 19.5. The maximum Gasteiger partial charge on any atom is 0.254 e. The van der Waals surface area contributed by atoms with Crippen molar-refractivity contribution in [3.05, 3.63) is 59.2 Å². The van der Waals surface area contributed by atoms with Gasteiger partial charge in [-0.25, -0.2) is 0 Å². The molecule has 0 aromatic heterocycles. The van der Waals surface area contributed by atoms with E-state index in [1.807, 2.05) is 31.2 Å². The summed E-state index contributed by atoms with van der Waals surface area (Å²) in [5, 5.41) is 22.9. The van der Waals surface area contributed by atoms with E-state index in [-0.39, 0.29) is 18.6 Å². The van der Waals surface area contributed by atoms with Crippen LogP contribution < -0.4 is 0 Å². The number of likely N-dealkylation sites (tertiary alicyclic amines) is 1. The fraction of sp³-hybridized carbons (Fsp3) is 0.318. The van der Waals surface area contributed by atoms with Crippen molar-refractivity contribution in [2.75, 3.05) is 20.3 Å². The van der Waals surface area contributed by atoms with Gasteiger partial charge in [0.2, 0.25) is 0 Å². The normalized spacial score (nSPS) is 18.0. The van der Waals surface area contributed by atoms with Crippen molar-refractivity contribution >= 4 is 11.6 Å². The van der Waals surface area contributed by atoms with Gasteiger partial charge in [-0.15, -0.1) is 0 Å². The zero-order valence-electron chi connectivity index (χ0n) is 16.1. The van der Waals surface area contributed by atoms with Crippen molar-refractivity contribution in [3.63, 3.8) is 0 Å². The number of carbonyl (C=O) groups excluding carboxylic acids is 1. The van der Waals surface area contributed by atoms with Crippen LogP contribution in [0, 0.1) is 18.3 Å². The molecule has 0 saturated carbocycles. The second kappa shape index (κ2) is 8.68. The van der Waals surface area contributed by atoms with Gasteiger partial charge in [0.05, 0.1) is 30.0 Å². The van der Waals surface area contributed by atoms with Crippen molar-refractivity contribution < 1.29 is 14.7 Å². The molecule has 1 heterocycles. The molecule has 1 atom stereocenters. The van der Waals surface area contributed by atoms with Crippen LogP contribution in [0.25, 0.3) is 11.1 Å². The maximum atomic E-state index is 12.9. The first-order chi connectivity index (χ1) is 13.6. The number of oxime groups is 1. The number of piperidine rings is 1. The number of aliphatic hydroxyl groups excluding tert-OH is 1. The number of hydrogen-bond acceptors (Lipinski definition) is 5. The zero-order chi connectivity index (χ0) is 20.1. The molecule has 144 valence electrons. The lowest BCUT2D eigenvalue weighted by molar-refractivity contribution is 0.0581. The molecular weight excluding hydrogens is 354 g/mol. The minimum absolute atomic E-state index is 0.107. The van der Waals surface area contributed by atoms with Crippen molar-refractivity contribution in [2.24, 2.45) is 5.16 Å². The Kier molecular flexibility index (Phi) is 6.07. The number of rotatable bonds is 4. The van der Waals surface area contributed by atoms with E-state index in [2.05, 4.69) is 11.2 Å². The van der Waals surface area contributed by atoms with Gasteiger partial charge >= 0.3 is 0 Å². The number of nitrogens with zero attached hydrogens (tertiary/aromatic N) is 3. The summed E-state index contributed by atoms with van der Waals surface area (Å²) >= 11 is 0. The average Bonchev–Trinajstić information content (AvgIpc) is 2.74. The summed E-state index contributed by atoms with van der Waals surface area (Å²) in [5.41, 5.74) is 4.93. The predicted molar refractivity (Wildman–Crippen MR) is 107 cm³/mol. The van der Waals surface area contributed by atoms with E-state index in [1.54, 1.807) is 23.1 Å². The first-order valence-corrected chi connectivity index (χ1v) is 9.20. The summed E-state index contributed by atoms with van der Waals surface area (Å²) in [6.07, 6.45) is 1.14. The van der Waals surface area contributed by atoms with Crippen LogP contribution in [0.5, 0.6) is 0 Å². The fourth-order valence-electron chi connectivity index (χ4n) is 3.59. The third kappa shape index (κ3) is 3.90. The average molecular weight is 377 g/mol. The smallest absolute Gasteiger partial charge is 0.254 e. The Morgan fingerprint density at radius 2 is 2.07 bits per heavy atom. The molecule has 0 radical (unpaired) electrons. The van der Waals surface area contributed by atoms with E-state index in [0.29, 0.717) is 30.5 Å². The lowest BCUT2D eigenvalue weighted by atomic mass is 9.95. The molecule has 1 fully saturated rings. The summed E-state index contributed by atoms with van der Waals surface area (Å²) in [6, 6.07) is 14.9. The highest BCUT2D eigenvalue weighted by atomic mass is 16.6. The number of amides is 1. The Morgan fingerprint density at radius 3 is 2.71 bits per heavy atom. The van der Waals surface area contributed by atoms with Crippen LogP contribution in [0.3, 0.4) is 0 Å². The minimum Gasteiger partial charge on any atom is -0.399 e. The molecule has 6 heteroatoms. The summed E-state index contributed by atoms with van der Waals surface area (Å²) in [7, 11) is 1.49. The predicted octanol–water partition coefficient (Wildman–Crippen LogP) is 3.13. The molecule has 2 aromatic carbocycles. The van der Waals surface area contributed by atoms with Crippen LogP contribution in [-0.4, -0.2) is 47.9 Å². The molecule has 0 unspecified atom stereocenters. The first-order valence-electron chi connectivity index (χ1n) is 9.20. The standard InChI is InChI=1S/C22H23N3O3/c1-15-18(13-23)4-3-5-21(15)16-6-8-17(9-7-16)22(27)25-11-10-19(24-28-2)12-20(25)14-26/h3-9,20,26H,10-12,14H2,1-2H3/b24-19+/t20-/m0/s1. The van der Waals surface area contributed by atoms with Gasteiger partial charge in [-0.1, -0.05) is 29.4 Å². The van der Waals surface area contributed by atoms with Gasteiger partial charge in [0.25, 0.3) is 5.91 Å². The second-order valence-corrected chi connectivity index (χ2v) is 6.80. The van der Waals surface area contributed by atoms with Gasteiger partial charge in [0.1, 0.15) is 7.11 Å². The minimum atomic E-state index is -0.301. The Morgan fingerprint density at radius 1 is 1.32 bits per heavy atom. The Labute approximate surface area is 164 Å². The van der Waals surface area contributed by atoms with Gasteiger partial charge in [-0.05, 0) is 41.8 Å². The lowest BCUT2D eigenvalue weighted by Gasteiger charge is -2.35. The van der Waals surface area contributed by atoms with E-state index in [0.717, 1.165) is 22.4 Å². The Hall–Kier alpha value is -3.17. The highest BCUT2D eigenvalue weighted by Gasteiger charge is 2.30. The van der Waals surface area contributed by atoms with Crippen LogP contribution >= 0.6 is 0 Å². The first kappa shape index (κ1) is 19.6. The molecule has 3 rings (SSSR count). The maximum absolute atomic E-state index is 12.9. The van der Waals surface area contributed by atoms with Gasteiger partial charge in [-0.2, -0.15) is 5.26 Å². The topological polar surface area (TPSA) is 85.9 Å². The molecule has 0 spiro atoms. The molecule has 0 bridgehead atoms. The van der Waals surface area contributed by atoms with Crippen LogP contribution in [0.2, 0.25) is 0 Å². The quantitative estimate of drug-likeness (QED) is 0.830. The van der Waals surface area contributed by atoms with E-state index in [4.69, 9.17) is 4.84 Å². The molecule has 1 aliphatic rings. The van der Waals surface area contributed by atoms with E-state index >= 15 is 0 Å². The third-order valence-electron chi connectivity index (χ3n) is 5.14. The molecule has 1 amide bonds. The molecule has 0 aliphatic carbocycles. The highest BCUT2D eigenvalue weighted by Crippen LogP contribution is 2.26. The largest absolute Gasteiger partial charge is 0.399 e. The van der Waals surface area contributed by atoms with Crippen molar-refractivity contribution in [1.29, 1.82) is 5.26 Å². The number of benzene rings is 2. The SMILES string of the molecule is CO/N=C1\CCN(C(=O)c2ccc(-c3cccc(C#N)c3C)cc2)[C@H](CO)C1. The van der Waals surface area contributed by atoms with Gasteiger partial charge < -0.3 is 14.8 Å². The number of nitriles is 1. The highest BCUT2D eigenvalue weighted by molar-refractivity contribution is 5.97. The summed E-state index contributed by atoms with van der Waals surface area (Å²) in [6.45, 7) is 2.30. The van der Waals surface area contributed by atoms with E-state index < -0.39 is 0 Å². The molecule has 6 nitrogen and oxygen atoms in total. The van der Waals surface area contributed by atoms with Gasteiger partial charge in [0, 0.05) is 24.9 Å². The van der Waals surface area contributed by atoms with Crippen LogP contribution in [0.4, 0.5) is 0 Å².